The van der Waals surface area contributed by atoms with Crippen LogP contribution in [0.25, 0.3) is 82.8 Å². The summed E-state index contributed by atoms with van der Waals surface area (Å²) in [6.45, 7) is 0. The number of nitrogens with zero attached hydrogens (tertiary/aromatic N) is 2. The van der Waals surface area contributed by atoms with Crippen molar-refractivity contribution in [1.82, 2.24) is 4.57 Å². The zero-order chi connectivity index (χ0) is 39.8. The van der Waals surface area contributed by atoms with Crippen molar-refractivity contribution in [2.24, 2.45) is 0 Å². The Balaban J connectivity index is 1.26. The maximum atomic E-state index is 2.53. The zero-order valence-corrected chi connectivity index (χ0v) is 33.0. The maximum absolute atomic E-state index is 2.53. The summed E-state index contributed by atoms with van der Waals surface area (Å²) in [4.78, 5) is 2.53. The van der Waals surface area contributed by atoms with Crippen LogP contribution in [-0.2, 0) is 0 Å². The second-order valence-electron chi connectivity index (χ2n) is 15.3. The molecule has 0 spiro atoms. The number of anilines is 3. The summed E-state index contributed by atoms with van der Waals surface area (Å²) in [7, 11) is 0. The first-order valence-electron chi connectivity index (χ1n) is 20.6. The van der Waals surface area contributed by atoms with Gasteiger partial charge in [-0.3, -0.25) is 0 Å². The Morgan fingerprint density at radius 2 is 0.800 bits per heavy atom. The molecule has 0 atom stereocenters. The van der Waals surface area contributed by atoms with Gasteiger partial charge in [-0.05, 0) is 92.7 Å². The van der Waals surface area contributed by atoms with Crippen LogP contribution in [0.2, 0.25) is 0 Å². The Bertz CT molecular complexity index is 3290. The first-order chi connectivity index (χ1) is 29.8. The van der Waals surface area contributed by atoms with Crippen LogP contribution in [0, 0.1) is 0 Å². The number of aromatic nitrogens is 1. The molecule has 0 aliphatic heterocycles. The lowest BCUT2D eigenvalue weighted by Gasteiger charge is -2.31. The van der Waals surface area contributed by atoms with Crippen LogP contribution in [0.4, 0.5) is 17.1 Å². The monoisotopic (exact) mass is 764 g/mol. The van der Waals surface area contributed by atoms with Crippen molar-refractivity contribution in [3.05, 3.63) is 243 Å². The molecule has 0 aliphatic carbocycles. The van der Waals surface area contributed by atoms with Crippen LogP contribution in [-0.4, -0.2) is 4.57 Å². The maximum Gasteiger partial charge on any atom is 0.0562 e. The van der Waals surface area contributed by atoms with Gasteiger partial charge in [-0.25, -0.2) is 0 Å². The van der Waals surface area contributed by atoms with Crippen LogP contribution in [0.5, 0.6) is 0 Å². The second kappa shape index (κ2) is 15.1. The Kier molecular flexibility index (Phi) is 8.87. The Hall–Kier alpha value is -7.94. The normalized spacial score (nSPS) is 11.3. The highest BCUT2D eigenvalue weighted by Gasteiger charge is 2.26. The molecule has 11 aromatic rings. The molecule has 60 heavy (non-hydrogen) atoms. The molecule has 0 fully saturated rings. The quantitative estimate of drug-likeness (QED) is 0.150. The van der Waals surface area contributed by atoms with Gasteiger partial charge >= 0.3 is 0 Å². The zero-order valence-electron chi connectivity index (χ0n) is 33.0. The van der Waals surface area contributed by atoms with E-state index < -0.39 is 0 Å². The predicted octanol–water partition coefficient (Wildman–Crippen LogP) is 16.1. The summed E-state index contributed by atoms with van der Waals surface area (Å²) >= 11 is 0. The van der Waals surface area contributed by atoms with Crippen molar-refractivity contribution < 1.29 is 0 Å². The Morgan fingerprint density at radius 3 is 1.53 bits per heavy atom. The first kappa shape index (κ1) is 35.2. The van der Waals surface area contributed by atoms with Crippen molar-refractivity contribution in [2.75, 3.05) is 4.90 Å². The molecule has 0 N–H and O–H groups in total. The van der Waals surface area contributed by atoms with E-state index in [0.717, 1.165) is 45.0 Å². The van der Waals surface area contributed by atoms with Crippen molar-refractivity contribution in [1.29, 1.82) is 0 Å². The molecule has 0 amide bonds. The predicted molar refractivity (Wildman–Crippen MR) is 255 cm³/mol. The van der Waals surface area contributed by atoms with E-state index in [9.17, 15) is 0 Å². The fraction of sp³-hybridized carbons (Fsp3) is 0. The van der Waals surface area contributed by atoms with E-state index in [1.54, 1.807) is 0 Å². The van der Waals surface area contributed by atoms with Crippen LogP contribution >= 0.6 is 0 Å². The van der Waals surface area contributed by atoms with E-state index in [1.807, 2.05) is 0 Å². The second-order valence-corrected chi connectivity index (χ2v) is 15.3. The molecule has 0 unspecified atom stereocenters. The molecular formula is C58H40N2. The topological polar surface area (TPSA) is 8.17 Å². The van der Waals surface area contributed by atoms with Gasteiger partial charge in [0.2, 0.25) is 0 Å². The molecule has 11 rings (SSSR count). The minimum Gasteiger partial charge on any atom is -0.309 e. The Labute approximate surface area is 350 Å². The van der Waals surface area contributed by atoms with Gasteiger partial charge < -0.3 is 9.47 Å². The van der Waals surface area contributed by atoms with Crippen molar-refractivity contribution >= 4 is 49.6 Å². The standard InChI is InChI=1S/C58H40N2/c1-5-20-41(21-6-1)45-38-39-54(51(40-45)43-24-9-3-10-25-43)60(56-37-19-36-55-58(56)50-31-14-16-35-53(50)59(55)46-28-11-4-12-29-46)52-34-15-13-30-48(52)49-33-18-27-44-26-17-32-47(57(44)49)42-22-7-2-8-23-42/h1-40H. The molecule has 0 bridgehead atoms. The minimum atomic E-state index is 1.10. The van der Waals surface area contributed by atoms with Gasteiger partial charge in [-0.2, -0.15) is 0 Å². The van der Waals surface area contributed by atoms with E-state index in [2.05, 4.69) is 252 Å². The number of para-hydroxylation sites is 3. The molecule has 0 aliphatic rings. The van der Waals surface area contributed by atoms with Crippen LogP contribution in [0.1, 0.15) is 0 Å². The highest BCUT2D eigenvalue weighted by molar-refractivity contribution is 6.18. The summed E-state index contributed by atoms with van der Waals surface area (Å²) in [6, 6.07) is 88.0. The molecule has 2 nitrogen and oxygen atoms in total. The van der Waals surface area contributed by atoms with Gasteiger partial charge in [-0.15, -0.1) is 0 Å². The van der Waals surface area contributed by atoms with E-state index in [4.69, 9.17) is 0 Å². The number of rotatable bonds is 8. The van der Waals surface area contributed by atoms with E-state index in [1.165, 1.54) is 54.9 Å². The number of hydrogen-bond acceptors (Lipinski definition) is 1. The Morgan fingerprint density at radius 1 is 0.283 bits per heavy atom. The summed E-state index contributed by atoms with van der Waals surface area (Å²) in [5.41, 5.74) is 16.2. The molecule has 10 aromatic carbocycles. The van der Waals surface area contributed by atoms with Gasteiger partial charge in [0.05, 0.1) is 28.1 Å². The number of benzene rings is 10. The van der Waals surface area contributed by atoms with Gasteiger partial charge in [0.15, 0.2) is 0 Å². The fourth-order valence-electron chi connectivity index (χ4n) is 9.14. The van der Waals surface area contributed by atoms with Crippen molar-refractivity contribution in [3.63, 3.8) is 0 Å². The summed E-state index contributed by atoms with van der Waals surface area (Å²) < 4.78 is 2.41. The molecule has 1 heterocycles. The molecule has 0 radical (unpaired) electrons. The smallest absolute Gasteiger partial charge is 0.0562 e. The molecule has 0 saturated carbocycles. The SMILES string of the molecule is c1ccc(-c2ccc(N(c3ccccc3-c3cccc4cccc(-c5ccccc5)c34)c3cccc4c3c3ccccc3n4-c3ccccc3)c(-c3ccccc3)c2)cc1. The van der Waals surface area contributed by atoms with Crippen LogP contribution < -0.4 is 4.90 Å². The minimum absolute atomic E-state index is 1.10. The third kappa shape index (κ3) is 6.06. The lowest BCUT2D eigenvalue weighted by Crippen LogP contribution is -2.13. The molecule has 2 heteroatoms. The number of hydrogen-bond donors (Lipinski definition) is 0. The first-order valence-corrected chi connectivity index (χ1v) is 20.6. The largest absolute Gasteiger partial charge is 0.309 e. The highest BCUT2D eigenvalue weighted by atomic mass is 15.2. The average Bonchev–Trinajstić information content (AvgIpc) is 3.68. The van der Waals surface area contributed by atoms with Gasteiger partial charge in [-0.1, -0.05) is 194 Å². The molecule has 0 saturated heterocycles. The average molecular weight is 765 g/mol. The lowest BCUT2D eigenvalue weighted by atomic mass is 9.90. The van der Waals surface area contributed by atoms with Gasteiger partial charge in [0.25, 0.3) is 0 Å². The number of fused-ring (bicyclic) bond motifs is 4. The van der Waals surface area contributed by atoms with Crippen LogP contribution in [0.15, 0.2) is 243 Å². The highest BCUT2D eigenvalue weighted by Crippen LogP contribution is 2.50. The van der Waals surface area contributed by atoms with E-state index in [-0.39, 0.29) is 0 Å². The molecular weight excluding hydrogens is 725 g/mol. The van der Waals surface area contributed by atoms with E-state index >= 15 is 0 Å². The third-order valence-electron chi connectivity index (χ3n) is 11.8. The lowest BCUT2D eigenvalue weighted by molar-refractivity contribution is 1.18. The fourth-order valence-corrected chi connectivity index (χ4v) is 9.14. The summed E-state index contributed by atoms with van der Waals surface area (Å²) in [5, 5.41) is 4.84. The van der Waals surface area contributed by atoms with Crippen molar-refractivity contribution in [3.8, 4) is 50.2 Å². The molecule has 282 valence electrons. The third-order valence-corrected chi connectivity index (χ3v) is 11.8. The van der Waals surface area contributed by atoms with Crippen LogP contribution in [0.3, 0.4) is 0 Å². The van der Waals surface area contributed by atoms with E-state index in [0.29, 0.717) is 0 Å². The van der Waals surface area contributed by atoms with Crippen molar-refractivity contribution in [2.45, 2.75) is 0 Å². The summed E-state index contributed by atoms with van der Waals surface area (Å²) in [5.74, 6) is 0. The molecule has 1 aromatic heterocycles. The summed E-state index contributed by atoms with van der Waals surface area (Å²) in [6.07, 6.45) is 0. The van der Waals surface area contributed by atoms with Gasteiger partial charge in [0.1, 0.15) is 0 Å². The van der Waals surface area contributed by atoms with Gasteiger partial charge in [0, 0.05) is 27.6 Å².